The summed E-state index contributed by atoms with van der Waals surface area (Å²) in [6.07, 6.45) is 0. The number of rotatable bonds is 8. The molecule has 28 heavy (non-hydrogen) atoms. The molecule has 2 N–H and O–H groups in total. The first kappa shape index (κ1) is 20.6. The summed E-state index contributed by atoms with van der Waals surface area (Å²) in [7, 11) is 1.62. The van der Waals surface area contributed by atoms with Gasteiger partial charge >= 0.3 is 0 Å². The van der Waals surface area contributed by atoms with E-state index in [1.165, 1.54) is 23.1 Å². The van der Waals surface area contributed by atoms with Crippen LogP contribution >= 0.6 is 39.0 Å². The maximum absolute atomic E-state index is 12.2. The lowest BCUT2D eigenvalue weighted by atomic mass is 10.1. The fourth-order valence-electron chi connectivity index (χ4n) is 2.43. The van der Waals surface area contributed by atoms with Gasteiger partial charge in [0.25, 0.3) is 0 Å². The summed E-state index contributed by atoms with van der Waals surface area (Å²) in [6, 6.07) is 15.4. The third-order valence-electron chi connectivity index (χ3n) is 3.83. The van der Waals surface area contributed by atoms with E-state index in [4.69, 9.17) is 4.74 Å². The number of carbonyl (C=O) groups is 1. The normalized spacial score (nSPS) is 11.7. The van der Waals surface area contributed by atoms with Gasteiger partial charge in [-0.3, -0.25) is 4.79 Å². The first-order chi connectivity index (χ1) is 13.5. The Balaban J connectivity index is 1.51. The molecule has 0 fully saturated rings. The number of para-hydroxylation sites is 2. The van der Waals surface area contributed by atoms with Gasteiger partial charge in [0, 0.05) is 4.47 Å². The van der Waals surface area contributed by atoms with Crippen molar-refractivity contribution < 1.29 is 9.53 Å². The minimum atomic E-state index is -0.0570. The van der Waals surface area contributed by atoms with Crippen LogP contribution in [0.15, 0.2) is 57.3 Å². The van der Waals surface area contributed by atoms with Crippen LogP contribution in [-0.4, -0.2) is 29.0 Å². The minimum absolute atomic E-state index is 0.0464. The molecule has 1 heterocycles. The van der Waals surface area contributed by atoms with Crippen molar-refractivity contribution in [2.75, 3.05) is 18.2 Å². The van der Waals surface area contributed by atoms with Crippen molar-refractivity contribution >= 4 is 55.8 Å². The number of halogens is 1. The Morgan fingerprint density at radius 1 is 1.21 bits per heavy atom. The lowest BCUT2D eigenvalue weighted by molar-refractivity contribution is -0.119. The largest absolute Gasteiger partial charge is 0.495 e. The van der Waals surface area contributed by atoms with Crippen molar-refractivity contribution in [2.24, 2.45) is 0 Å². The van der Waals surface area contributed by atoms with Crippen LogP contribution in [0.25, 0.3) is 0 Å². The van der Waals surface area contributed by atoms with Gasteiger partial charge in [-0.2, -0.15) is 0 Å². The molecular formula is C19H19BrN4O2S2. The number of ether oxygens (including phenoxy) is 1. The molecule has 0 saturated carbocycles. The number of anilines is 2. The van der Waals surface area contributed by atoms with Crippen molar-refractivity contribution in [2.45, 2.75) is 17.3 Å². The summed E-state index contributed by atoms with van der Waals surface area (Å²) in [5.41, 5.74) is 1.87. The Morgan fingerprint density at radius 3 is 2.71 bits per heavy atom. The summed E-state index contributed by atoms with van der Waals surface area (Å²) in [6.45, 7) is 1.96. The molecule has 0 bridgehead atoms. The highest BCUT2D eigenvalue weighted by atomic mass is 79.9. The summed E-state index contributed by atoms with van der Waals surface area (Å²) in [4.78, 5) is 12.2. The average molecular weight is 479 g/mol. The molecule has 3 aromatic rings. The molecule has 0 aliphatic rings. The molecule has 0 radical (unpaired) electrons. The molecule has 1 aromatic heterocycles. The zero-order chi connectivity index (χ0) is 19.9. The molecule has 0 aliphatic heterocycles. The number of aromatic nitrogens is 2. The highest BCUT2D eigenvalue weighted by Gasteiger charge is 2.12. The Morgan fingerprint density at radius 2 is 1.96 bits per heavy atom. The molecular weight excluding hydrogens is 460 g/mol. The van der Waals surface area contributed by atoms with Crippen LogP contribution in [0.4, 0.5) is 10.8 Å². The smallest absolute Gasteiger partial charge is 0.230 e. The highest BCUT2D eigenvalue weighted by molar-refractivity contribution is 9.10. The topological polar surface area (TPSA) is 76.1 Å². The predicted molar refractivity (Wildman–Crippen MR) is 118 cm³/mol. The number of nitrogens with zero attached hydrogens (tertiary/aromatic N) is 2. The minimum Gasteiger partial charge on any atom is -0.495 e. The zero-order valence-electron chi connectivity index (χ0n) is 15.3. The van der Waals surface area contributed by atoms with E-state index in [9.17, 15) is 4.79 Å². The molecule has 3 rings (SSSR count). The van der Waals surface area contributed by atoms with Gasteiger partial charge < -0.3 is 15.4 Å². The van der Waals surface area contributed by atoms with Gasteiger partial charge in [0.05, 0.1) is 24.6 Å². The van der Waals surface area contributed by atoms with Gasteiger partial charge in [0.15, 0.2) is 4.34 Å². The van der Waals surface area contributed by atoms with Crippen LogP contribution < -0.4 is 15.4 Å². The van der Waals surface area contributed by atoms with Crippen LogP contribution in [0.3, 0.4) is 0 Å². The number of hydrogen-bond acceptors (Lipinski definition) is 7. The lowest BCUT2D eigenvalue weighted by Gasteiger charge is -2.14. The quantitative estimate of drug-likeness (QED) is 0.442. The van der Waals surface area contributed by atoms with Crippen molar-refractivity contribution in [1.82, 2.24) is 15.5 Å². The third-order valence-corrected chi connectivity index (χ3v) is 6.33. The summed E-state index contributed by atoms with van der Waals surface area (Å²) in [5.74, 6) is 0.965. The van der Waals surface area contributed by atoms with Crippen LogP contribution in [0, 0.1) is 0 Å². The first-order valence-electron chi connectivity index (χ1n) is 8.46. The van der Waals surface area contributed by atoms with E-state index in [0.717, 1.165) is 25.8 Å². The molecule has 0 spiro atoms. The van der Waals surface area contributed by atoms with E-state index in [-0.39, 0.29) is 17.7 Å². The maximum Gasteiger partial charge on any atom is 0.230 e. The second-order valence-corrected chi connectivity index (χ2v) is 8.94. The van der Waals surface area contributed by atoms with Crippen LogP contribution in [0.2, 0.25) is 0 Å². The monoisotopic (exact) mass is 478 g/mol. The number of benzene rings is 2. The van der Waals surface area contributed by atoms with Gasteiger partial charge in [-0.1, -0.05) is 63.3 Å². The van der Waals surface area contributed by atoms with Gasteiger partial charge in [0.1, 0.15) is 5.75 Å². The Labute approximate surface area is 180 Å². The van der Waals surface area contributed by atoms with Crippen LogP contribution in [0.5, 0.6) is 5.75 Å². The van der Waals surface area contributed by atoms with E-state index in [0.29, 0.717) is 5.13 Å². The number of hydrogen-bond donors (Lipinski definition) is 2. The standard InChI is InChI=1S/C19H19BrN4O2S2/c1-12(13-7-9-14(20)10-8-13)21-17(25)11-27-19-24-23-18(28-19)22-15-5-3-4-6-16(15)26-2/h3-10,12H,11H2,1-2H3,(H,21,25)(H,22,23). The van der Waals surface area contributed by atoms with Crippen molar-refractivity contribution in [3.05, 3.63) is 58.6 Å². The summed E-state index contributed by atoms with van der Waals surface area (Å²) in [5, 5.41) is 15.1. The van der Waals surface area contributed by atoms with E-state index in [2.05, 4.69) is 36.8 Å². The van der Waals surface area contributed by atoms with Crippen LogP contribution in [-0.2, 0) is 4.79 Å². The molecule has 0 aliphatic carbocycles. The number of methoxy groups -OCH3 is 1. The van der Waals surface area contributed by atoms with Crippen LogP contribution in [0.1, 0.15) is 18.5 Å². The molecule has 146 valence electrons. The molecule has 1 atom stereocenters. The molecule has 6 nitrogen and oxygen atoms in total. The number of nitrogens with one attached hydrogen (secondary N) is 2. The lowest BCUT2D eigenvalue weighted by Crippen LogP contribution is -2.28. The molecule has 1 unspecified atom stereocenters. The summed E-state index contributed by atoms with van der Waals surface area (Å²) < 4.78 is 7.06. The Kier molecular flexibility index (Phi) is 7.30. The molecule has 1 amide bonds. The third kappa shape index (κ3) is 5.70. The van der Waals surface area contributed by atoms with E-state index in [1.54, 1.807) is 7.11 Å². The number of carbonyl (C=O) groups excluding carboxylic acids is 1. The van der Waals surface area contributed by atoms with E-state index >= 15 is 0 Å². The van der Waals surface area contributed by atoms with Crippen molar-refractivity contribution in [1.29, 1.82) is 0 Å². The van der Waals surface area contributed by atoms with Gasteiger partial charge in [-0.15, -0.1) is 10.2 Å². The fourth-order valence-corrected chi connectivity index (χ4v) is 4.27. The Bertz CT molecular complexity index is 934. The highest BCUT2D eigenvalue weighted by Crippen LogP contribution is 2.31. The van der Waals surface area contributed by atoms with Crippen molar-refractivity contribution in [3.63, 3.8) is 0 Å². The molecule has 0 saturated heterocycles. The van der Waals surface area contributed by atoms with E-state index in [1.807, 2.05) is 55.5 Å². The summed E-state index contributed by atoms with van der Waals surface area (Å²) >= 11 is 6.17. The zero-order valence-corrected chi connectivity index (χ0v) is 18.5. The van der Waals surface area contributed by atoms with Gasteiger partial charge in [-0.05, 0) is 36.8 Å². The average Bonchev–Trinajstić information content (AvgIpc) is 3.14. The number of thioether (sulfide) groups is 1. The van der Waals surface area contributed by atoms with Crippen molar-refractivity contribution in [3.8, 4) is 5.75 Å². The fraction of sp³-hybridized carbons (Fsp3) is 0.211. The Hall–Kier alpha value is -2.10. The van der Waals surface area contributed by atoms with E-state index < -0.39 is 0 Å². The first-order valence-corrected chi connectivity index (χ1v) is 11.1. The molecule has 9 heteroatoms. The molecule has 2 aromatic carbocycles. The second-order valence-electron chi connectivity index (χ2n) is 5.83. The second kappa shape index (κ2) is 9.90. The van der Waals surface area contributed by atoms with Gasteiger partial charge in [-0.25, -0.2) is 0 Å². The maximum atomic E-state index is 12.2. The predicted octanol–water partition coefficient (Wildman–Crippen LogP) is 5.02. The number of amides is 1. The van der Waals surface area contributed by atoms with Gasteiger partial charge in [0.2, 0.25) is 11.0 Å². The SMILES string of the molecule is COc1ccccc1Nc1nnc(SCC(=O)NC(C)c2ccc(Br)cc2)s1.